The summed E-state index contributed by atoms with van der Waals surface area (Å²) in [6, 6.07) is 77.3. The average molecular weight is 1010 g/mol. The van der Waals surface area contributed by atoms with Gasteiger partial charge in [0.25, 0.3) is 0 Å². The van der Waals surface area contributed by atoms with Crippen LogP contribution in [0, 0.1) is 27.7 Å². The van der Waals surface area contributed by atoms with Crippen LogP contribution in [0.25, 0.3) is 66.7 Å². The lowest BCUT2D eigenvalue weighted by Gasteiger charge is -2.28. The molecular weight excluding hydrogens is 949 g/mol. The zero-order valence-electron chi connectivity index (χ0n) is 45.2. The SMILES string of the molecule is Cc1cccc(N(c2cccc(C)c2)c2ccc3c(c2)C(C)(C)c2cc(C=Cc4ccc5sc6ccc(C=Cc7ccc8c(c7)C(C)(C)c7cc(N(c9cccc(C)c9)c9cccc(C)c9)ccc7-8)cc6c5c4)ccc2-3)c1. The van der Waals surface area contributed by atoms with Crippen LogP contribution >= 0.6 is 11.3 Å². The molecule has 11 aromatic rings. The normalized spacial score (nSPS) is 13.8. The molecule has 2 aliphatic rings. The quantitative estimate of drug-likeness (QED) is 0.126. The van der Waals surface area contributed by atoms with Gasteiger partial charge in [0, 0.05) is 65.1 Å². The fourth-order valence-electron chi connectivity index (χ4n) is 12.3. The smallest absolute Gasteiger partial charge is 0.0465 e. The van der Waals surface area contributed by atoms with Crippen molar-refractivity contribution in [1.82, 2.24) is 0 Å². The lowest BCUT2D eigenvalue weighted by atomic mass is 9.81. The Kier molecular flexibility index (Phi) is 11.7. The Morgan fingerprint density at radius 2 is 0.584 bits per heavy atom. The number of rotatable bonds is 10. The molecule has 0 spiro atoms. The third-order valence-electron chi connectivity index (χ3n) is 16.4. The fourth-order valence-corrected chi connectivity index (χ4v) is 13.4. The molecule has 2 nitrogen and oxygen atoms in total. The lowest BCUT2D eigenvalue weighted by molar-refractivity contribution is 0.660. The van der Waals surface area contributed by atoms with Gasteiger partial charge in [-0.25, -0.2) is 0 Å². The summed E-state index contributed by atoms with van der Waals surface area (Å²) in [6.45, 7) is 18.2. The van der Waals surface area contributed by atoms with Crippen molar-refractivity contribution in [3.05, 3.63) is 273 Å². The van der Waals surface area contributed by atoms with E-state index in [0.717, 1.165) is 0 Å². The highest BCUT2D eigenvalue weighted by Gasteiger charge is 2.38. The molecule has 1 aromatic heterocycles. The molecule has 0 amide bonds. The second-order valence-corrected chi connectivity index (χ2v) is 23.7. The lowest BCUT2D eigenvalue weighted by Crippen LogP contribution is -2.16. The molecule has 0 bridgehead atoms. The van der Waals surface area contributed by atoms with Crippen LogP contribution < -0.4 is 9.80 Å². The highest BCUT2D eigenvalue weighted by atomic mass is 32.1. The van der Waals surface area contributed by atoms with Gasteiger partial charge in [0.15, 0.2) is 0 Å². The van der Waals surface area contributed by atoms with Crippen molar-refractivity contribution in [3.63, 3.8) is 0 Å². The van der Waals surface area contributed by atoms with E-state index >= 15 is 0 Å². The van der Waals surface area contributed by atoms with Gasteiger partial charge in [-0.05, 0) is 214 Å². The number of aryl methyl sites for hydroxylation is 4. The molecular formula is C74H62N2S. The van der Waals surface area contributed by atoms with Crippen molar-refractivity contribution in [2.24, 2.45) is 0 Å². The highest BCUT2D eigenvalue weighted by molar-refractivity contribution is 7.25. The minimum atomic E-state index is -0.169. The van der Waals surface area contributed by atoms with Crippen molar-refractivity contribution < 1.29 is 0 Å². The van der Waals surface area contributed by atoms with Crippen LogP contribution in [0.15, 0.2) is 206 Å². The molecule has 10 aromatic carbocycles. The third kappa shape index (κ3) is 8.60. The van der Waals surface area contributed by atoms with Crippen molar-refractivity contribution in [2.45, 2.75) is 66.2 Å². The van der Waals surface area contributed by atoms with Crippen molar-refractivity contribution in [2.75, 3.05) is 9.80 Å². The van der Waals surface area contributed by atoms with Gasteiger partial charge < -0.3 is 9.80 Å². The number of hydrogen-bond acceptors (Lipinski definition) is 3. The first-order valence-corrected chi connectivity index (χ1v) is 27.9. The third-order valence-corrected chi connectivity index (χ3v) is 17.5. The topological polar surface area (TPSA) is 6.48 Å². The zero-order chi connectivity index (χ0) is 52.7. The molecule has 0 fully saturated rings. The van der Waals surface area contributed by atoms with E-state index in [-0.39, 0.29) is 10.8 Å². The van der Waals surface area contributed by atoms with Crippen molar-refractivity contribution in [3.8, 4) is 22.3 Å². The molecule has 0 unspecified atom stereocenters. The van der Waals surface area contributed by atoms with Gasteiger partial charge in [0.05, 0.1) is 0 Å². The Morgan fingerprint density at radius 3 is 0.922 bits per heavy atom. The molecule has 13 rings (SSSR count). The van der Waals surface area contributed by atoms with Gasteiger partial charge in [-0.15, -0.1) is 11.3 Å². The summed E-state index contributed by atoms with van der Waals surface area (Å²) in [5.41, 5.74) is 27.2. The van der Waals surface area contributed by atoms with Gasteiger partial charge in [-0.3, -0.25) is 0 Å². The van der Waals surface area contributed by atoms with Crippen LogP contribution in [0.1, 0.15) is 94.5 Å². The van der Waals surface area contributed by atoms with Crippen molar-refractivity contribution in [1.29, 1.82) is 0 Å². The number of nitrogens with zero attached hydrogens (tertiary/aromatic N) is 2. The van der Waals surface area contributed by atoms with Crippen LogP contribution in [0.2, 0.25) is 0 Å². The minimum absolute atomic E-state index is 0.169. The summed E-state index contributed by atoms with van der Waals surface area (Å²) in [6.07, 6.45) is 9.13. The van der Waals surface area contributed by atoms with E-state index in [1.165, 1.54) is 143 Å². The van der Waals surface area contributed by atoms with Crippen LogP contribution in [0.5, 0.6) is 0 Å². The molecule has 0 saturated carbocycles. The van der Waals surface area contributed by atoms with E-state index in [4.69, 9.17) is 0 Å². The van der Waals surface area contributed by atoms with Crippen molar-refractivity contribution >= 4 is 89.9 Å². The predicted octanol–water partition coefficient (Wildman–Crippen LogP) is 21.2. The van der Waals surface area contributed by atoms with Gasteiger partial charge >= 0.3 is 0 Å². The van der Waals surface area contributed by atoms with Crippen LogP contribution in [0.4, 0.5) is 34.1 Å². The zero-order valence-corrected chi connectivity index (χ0v) is 46.1. The Labute approximate surface area is 458 Å². The van der Waals surface area contributed by atoms with E-state index in [0.29, 0.717) is 0 Å². The molecule has 2 aliphatic carbocycles. The number of anilines is 6. The van der Waals surface area contributed by atoms with Crippen LogP contribution in [-0.4, -0.2) is 0 Å². The maximum atomic E-state index is 2.42. The van der Waals surface area contributed by atoms with Gasteiger partial charge in [-0.1, -0.05) is 161 Å². The molecule has 1 heterocycles. The number of hydrogen-bond donors (Lipinski definition) is 0. The number of fused-ring (bicyclic) bond motifs is 9. The first-order valence-electron chi connectivity index (χ1n) is 27.0. The van der Waals surface area contributed by atoms with Gasteiger partial charge in [0.1, 0.15) is 0 Å². The summed E-state index contributed by atoms with van der Waals surface area (Å²) >= 11 is 1.87. The first-order chi connectivity index (χ1) is 37.2. The van der Waals surface area contributed by atoms with E-state index in [1.54, 1.807) is 0 Å². The molecule has 3 heteroatoms. The summed E-state index contributed by atoms with van der Waals surface area (Å²) in [7, 11) is 0. The van der Waals surface area contributed by atoms with Gasteiger partial charge in [0.2, 0.25) is 0 Å². The molecule has 0 atom stereocenters. The number of benzene rings is 10. The predicted molar refractivity (Wildman–Crippen MR) is 334 cm³/mol. The second-order valence-electron chi connectivity index (χ2n) is 22.6. The van der Waals surface area contributed by atoms with E-state index in [2.05, 4.69) is 296 Å². The summed E-state index contributed by atoms with van der Waals surface area (Å²) in [5, 5.41) is 2.60. The summed E-state index contributed by atoms with van der Waals surface area (Å²) in [5.74, 6) is 0. The maximum Gasteiger partial charge on any atom is 0.0465 e. The van der Waals surface area contributed by atoms with Crippen LogP contribution in [0.3, 0.4) is 0 Å². The van der Waals surface area contributed by atoms with Crippen LogP contribution in [-0.2, 0) is 10.8 Å². The molecule has 374 valence electrons. The van der Waals surface area contributed by atoms with E-state index in [1.807, 2.05) is 11.3 Å². The second kappa shape index (κ2) is 18.7. The first kappa shape index (κ1) is 48.2. The maximum absolute atomic E-state index is 2.42. The largest absolute Gasteiger partial charge is 0.310 e. The summed E-state index contributed by atoms with van der Waals surface area (Å²) < 4.78 is 2.62. The molecule has 0 saturated heterocycles. The minimum Gasteiger partial charge on any atom is -0.310 e. The standard InChI is InChI=1S/C74H62N2S/c1-47-13-9-17-55(37-47)75(56-18-10-14-48(2)38-56)59-29-33-63-61-31-25-53(43-67(61)73(5,6)69(63)45-59)23-21-51-27-35-71-65(41-51)66-42-52(28-36-72(66)77-71)22-24-54-26-32-62-64-34-30-60(46-70(64)74(7,8)68(62)44-54)76(57-19-11-15-49(3)39-57)58-20-12-16-50(4)40-58/h9-46H,1-8H3. The number of thiophene rings is 1. The highest BCUT2D eigenvalue weighted by Crippen LogP contribution is 2.53. The molecule has 0 aliphatic heterocycles. The Balaban J connectivity index is 0.753. The Hall–Kier alpha value is -8.50. The monoisotopic (exact) mass is 1010 g/mol. The average Bonchev–Trinajstić information content (AvgIpc) is 4.13. The van der Waals surface area contributed by atoms with E-state index in [9.17, 15) is 0 Å². The molecule has 0 N–H and O–H groups in total. The summed E-state index contributed by atoms with van der Waals surface area (Å²) in [4.78, 5) is 4.80. The van der Waals surface area contributed by atoms with E-state index < -0.39 is 0 Å². The Bertz CT molecular complexity index is 3870. The van der Waals surface area contributed by atoms with Gasteiger partial charge in [-0.2, -0.15) is 0 Å². The Morgan fingerprint density at radius 1 is 0.299 bits per heavy atom. The molecule has 77 heavy (non-hydrogen) atoms. The molecule has 0 radical (unpaired) electrons. The fraction of sp³-hybridized carbons (Fsp3) is 0.135.